The minimum absolute atomic E-state index is 0.0521. The van der Waals surface area contributed by atoms with Crippen molar-refractivity contribution in [2.75, 3.05) is 6.61 Å². The minimum Gasteiger partial charge on any atom is -0.462 e. The zero-order valence-electron chi connectivity index (χ0n) is 17.7. The molecule has 1 aliphatic heterocycles. The molecule has 0 aromatic heterocycles. The van der Waals surface area contributed by atoms with Gasteiger partial charge in [-0.1, -0.05) is 19.1 Å². The molecule has 0 bridgehead atoms. The van der Waals surface area contributed by atoms with Crippen LogP contribution in [0.25, 0.3) is 0 Å². The Kier molecular flexibility index (Phi) is 5.21. The van der Waals surface area contributed by atoms with E-state index < -0.39 is 24.6 Å². The highest BCUT2D eigenvalue weighted by atomic mass is 16.7. The predicted molar refractivity (Wildman–Crippen MR) is 113 cm³/mol. The lowest BCUT2D eigenvalue weighted by molar-refractivity contribution is -0.242. The highest BCUT2D eigenvalue weighted by molar-refractivity contribution is 5.41. The maximum absolute atomic E-state index is 10.1. The number of aryl methyl sites for hydroxylation is 1. The Morgan fingerprint density at radius 3 is 2.77 bits per heavy atom. The molecule has 3 N–H and O–H groups in total. The van der Waals surface area contributed by atoms with Gasteiger partial charge in [0.2, 0.25) is 6.29 Å². The van der Waals surface area contributed by atoms with Crippen molar-refractivity contribution in [1.82, 2.24) is 0 Å². The molecule has 5 rings (SSSR count). The van der Waals surface area contributed by atoms with Gasteiger partial charge in [0, 0.05) is 0 Å². The SMILES string of the molecule is C=C[C@H]1CCC2C3CCc4cc(O[C@@H]5OC[C@@H](O)[C@@H](O)[C@@H]5O)ccc4C3CC[C@@]21C. The van der Waals surface area contributed by atoms with Crippen molar-refractivity contribution >= 4 is 0 Å². The van der Waals surface area contributed by atoms with Gasteiger partial charge in [0.15, 0.2) is 0 Å². The second-order valence-corrected chi connectivity index (χ2v) is 10.1. The molecule has 5 heteroatoms. The van der Waals surface area contributed by atoms with Crippen LogP contribution >= 0.6 is 0 Å². The number of rotatable bonds is 3. The Bertz CT molecular complexity index is 809. The third kappa shape index (κ3) is 3.13. The number of aliphatic hydroxyl groups excluding tert-OH is 3. The van der Waals surface area contributed by atoms with E-state index in [-0.39, 0.29) is 6.61 Å². The third-order valence-electron chi connectivity index (χ3n) is 8.76. The van der Waals surface area contributed by atoms with Crippen LogP contribution in [0.1, 0.15) is 56.1 Å². The Hall–Kier alpha value is -1.40. The second-order valence-electron chi connectivity index (χ2n) is 10.1. The van der Waals surface area contributed by atoms with Crippen LogP contribution in [0.2, 0.25) is 0 Å². The Labute approximate surface area is 178 Å². The van der Waals surface area contributed by atoms with Gasteiger partial charge in [-0.3, -0.25) is 0 Å². The second kappa shape index (κ2) is 7.63. The normalized spacial score (nSPS) is 45.2. The summed E-state index contributed by atoms with van der Waals surface area (Å²) < 4.78 is 11.2. The number of ether oxygens (including phenoxy) is 2. The molecule has 3 aliphatic carbocycles. The van der Waals surface area contributed by atoms with Crippen LogP contribution in [0, 0.1) is 23.2 Å². The highest BCUT2D eigenvalue weighted by Crippen LogP contribution is 2.63. The number of benzene rings is 1. The molecular weight excluding hydrogens is 380 g/mol. The van der Waals surface area contributed by atoms with E-state index in [9.17, 15) is 15.3 Å². The summed E-state index contributed by atoms with van der Waals surface area (Å²) >= 11 is 0. The molecule has 9 atom stereocenters. The smallest absolute Gasteiger partial charge is 0.228 e. The van der Waals surface area contributed by atoms with Crippen LogP contribution in [0.3, 0.4) is 0 Å². The lowest BCUT2D eigenvalue weighted by Gasteiger charge is -2.50. The average molecular weight is 415 g/mol. The van der Waals surface area contributed by atoms with Crippen molar-refractivity contribution in [1.29, 1.82) is 0 Å². The Morgan fingerprint density at radius 1 is 1.13 bits per heavy atom. The van der Waals surface area contributed by atoms with Gasteiger partial charge in [-0.15, -0.1) is 6.58 Å². The lowest BCUT2D eigenvalue weighted by Crippen LogP contribution is -2.54. The van der Waals surface area contributed by atoms with Gasteiger partial charge >= 0.3 is 0 Å². The van der Waals surface area contributed by atoms with Crippen molar-refractivity contribution in [3.63, 3.8) is 0 Å². The summed E-state index contributed by atoms with van der Waals surface area (Å²) in [6, 6.07) is 6.24. The first-order valence-electron chi connectivity index (χ1n) is 11.5. The molecule has 1 saturated heterocycles. The zero-order valence-corrected chi connectivity index (χ0v) is 17.7. The van der Waals surface area contributed by atoms with Gasteiger partial charge in [-0.25, -0.2) is 0 Å². The number of fused-ring (bicyclic) bond motifs is 5. The van der Waals surface area contributed by atoms with E-state index in [1.807, 2.05) is 6.07 Å². The monoisotopic (exact) mass is 414 g/mol. The van der Waals surface area contributed by atoms with Gasteiger partial charge in [0.25, 0.3) is 0 Å². The Balaban J connectivity index is 1.34. The molecule has 2 saturated carbocycles. The van der Waals surface area contributed by atoms with Crippen LogP contribution < -0.4 is 4.74 Å². The summed E-state index contributed by atoms with van der Waals surface area (Å²) in [7, 11) is 0. The van der Waals surface area contributed by atoms with Crippen molar-refractivity contribution in [2.45, 2.75) is 76.0 Å². The highest BCUT2D eigenvalue weighted by Gasteiger charge is 2.53. The van der Waals surface area contributed by atoms with Gasteiger partial charge in [0.1, 0.15) is 24.1 Å². The maximum atomic E-state index is 10.1. The van der Waals surface area contributed by atoms with Crippen LogP contribution in [0.4, 0.5) is 0 Å². The molecule has 5 nitrogen and oxygen atoms in total. The molecule has 0 spiro atoms. The fourth-order valence-electron chi connectivity index (χ4n) is 7.08. The summed E-state index contributed by atoms with van der Waals surface area (Å²) in [5.41, 5.74) is 3.22. The molecule has 0 radical (unpaired) electrons. The number of allylic oxidation sites excluding steroid dienone is 1. The molecule has 3 fully saturated rings. The first-order valence-corrected chi connectivity index (χ1v) is 11.5. The predicted octanol–water partition coefficient (Wildman–Crippen LogP) is 3.16. The van der Waals surface area contributed by atoms with Gasteiger partial charge in [0.05, 0.1) is 6.61 Å². The standard InChI is InChI=1S/C25H34O5/c1-3-15-5-9-20-19-7-4-14-12-16(30-24-23(28)22(27)21(26)13-29-24)6-8-17(14)18(19)10-11-25(15,20)2/h3,6,8,12,15,18-24,26-28H,1,4-5,7,9-11,13H2,2H3/t15-,18?,19?,20?,21+,22+,23-,24-,25+/m0/s1. The van der Waals surface area contributed by atoms with E-state index in [1.54, 1.807) is 0 Å². The first-order chi connectivity index (χ1) is 14.4. The quantitative estimate of drug-likeness (QED) is 0.662. The summed E-state index contributed by atoms with van der Waals surface area (Å²) in [5.74, 6) is 3.48. The number of hydrogen-bond acceptors (Lipinski definition) is 5. The average Bonchev–Trinajstić information content (AvgIpc) is 3.10. The van der Waals surface area contributed by atoms with E-state index in [0.29, 0.717) is 23.0 Å². The van der Waals surface area contributed by atoms with Crippen molar-refractivity contribution in [3.8, 4) is 5.75 Å². The molecule has 4 aliphatic rings. The molecular formula is C25H34O5. The number of aliphatic hydroxyl groups is 3. The van der Waals surface area contributed by atoms with E-state index in [0.717, 1.165) is 18.3 Å². The molecule has 0 amide bonds. The Morgan fingerprint density at radius 2 is 1.97 bits per heavy atom. The van der Waals surface area contributed by atoms with E-state index in [4.69, 9.17) is 9.47 Å². The van der Waals surface area contributed by atoms with E-state index in [2.05, 4.69) is 31.7 Å². The molecule has 1 aromatic carbocycles. The summed E-state index contributed by atoms with van der Waals surface area (Å²) in [4.78, 5) is 0. The first kappa shape index (κ1) is 20.5. The number of hydrogen-bond donors (Lipinski definition) is 3. The lowest BCUT2D eigenvalue weighted by atomic mass is 9.54. The van der Waals surface area contributed by atoms with Crippen LogP contribution in [0.15, 0.2) is 30.9 Å². The summed E-state index contributed by atoms with van der Waals surface area (Å²) in [6.45, 7) is 6.57. The molecule has 1 heterocycles. The topological polar surface area (TPSA) is 79.2 Å². The summed E-state index contributed by atoms with van der Waals surface area (Å²) in [5, 5.41) is 29.6. The molecule has 3 unspecified atom stereocenters. The van der Waals surface area contributed by atoms with Gasteiger partial charge in [-0.2, -0.15) is 0 Å². The largest absolute Gasteiger partial charge is 0.462 e. The molecule has 164 valence electrons. The van der Waals surface area contributed by atoms with Crippen LogP contribution in [0.5, 0.6) is 5.75 Å². The fourth-order valence-corrected chi connectivity index (χ4v) is 7.08. The maximum Gasteiger partial charge on any atom is 0.228 e. The van der Waals surface area contributed by atoms with Gasteiger partial charge < -0.3 is 24.8 Å². The van der Waals surface area contributed by atoms with Crippen molar-refractivity contribution in [2.24, 2.45) is 23.2 Å². The third-order valence-corrected chi connectivity index (χ3v) is 8.76. The fraction of sp³-hybridized carbons (Fsp3) is 0.680. The van der Waals surface area contributed by atoms with E-state index >= 15 is 0 Å². The van der Waals surface area contributed by atoms with Crippen LogP contribution in [-0.2, 0) is 11.2 Å². The van der Waals surface area contributed by atoms with Crippen molar-refractivity contribution < 1.29 is 24.8 Å². The van der Waals surface area contributed by atoms with Crippen LogP contribution in [-0.4, -0.2) is 46.5 Å². The molecule has 30 heavy (non-hydrogen) atoms. The zero-order chi connectivity index (χ0) is 21.0. The van der Waals surface area contributed by atoms with Crippen molar-refractivity contribution in [3.05, 3.63) is 42.0 Å². The summed E-state index contributed by atoms with van der Waals surface area (Å²) in [6.07, 6.45) is 5.02. The molecule has 1 aromatic rings. The van der Waals surface area contributed by atoms with Gasteiger partial charge in [-0.05, 0) is 90.9 Å². The van der Waals surface area contributed by atoms with E-state index in [1.165, 1.54) is 43.2 Å². The minimum atomic E-state index is -1.27.